The lowest BCUT2D eigenvalue weighted by atomic mass is 10.2. The molecule has 0 aliphatic heterocycles. The molecule has 3 rings (SSSR count). The van der Waals surface area contributed by atoms with Crippen LogP contribution in [-0.4, -0.2) is 21.1 Å². The number of nitrogens with one attached hydrogen (secondary N) is 2. The van der Waals surface area contributed by atoms with Crippen molar-refractivity contribution >= 4 is 44.2 Å². The van der Waals surface area contributed by atoms with Gasteiger partial charge in [0.1, 0.15) is 11.5 Å². The monoisotopic (exact) mass is 331 g/mol. The van der Waals surface area contributed by atoms with E-state index in [-0.39, 0.29) is 11.7 Å². The molecule has 4 N–H and O–H groups in total. The van der Waals surface area contributed by atoms with Gasteiger partial charge in [0.25, 0.3) is 5.91 Å². The fourth-order valence-electron chi connectivity index (χ4n) is 1.88. The molecule has 3 aromatic rings. The Labute approximate surface area is 122 Å². The first kappa shape index (κ1) is 12.6. The predicted octanol–water partition coefficient (Wildman–Crippen LogP) is 2.55. The van der Waals surface area contributed by atoms with Crippen LogP contribution in [0.15, 0.2) is 41.0 Å². The quantitative estimate of drug-likeness (QED) is 0.672. The maximum absolute atomic E-state index is 12.1. The van der Waals surface area contributed by atoms with Gasteiger partial charge in [0, 0.05) is 22.1 Å². The number of amides is 1. The SMILES string of the molecule is Nc1cc(C(=O)Nc2cccc3cc(Br)cnc23)[nH]n1. The minimum absolute atomic E-state index is 0.273. The number of fused-ring (bicyclic) bond motifs is 1. The predicted molar refractivity (Wildman–Crippen MR) is 80.4 cm³/mol. The smallest absolute Gasteiger partial charge is 0.273 e. The Hall–Kier alpha value is -2.41. The van der Waals surface area contributed by atoms with E-state index in [9.17, 15) is 4.79 Å². The fourth-order valence-corrected chi connectivity index (χ4v) is 2.23. The highest BCUT2D eigenvalue weighted by atomic mass is 79.9. The van der Waals surface area contributed by atoms with Gasteiger partial charge < -0.3 is 11.1 Å². The number of carbonyl (C=O) groups is 1. The number of carbonyl (C=O) groups excluding carboxylic acids is 1. The Morgan fingerprint density at radius 3 is 2.95 bits per heavy atom. The molecule has 100 valence electrons. The summed E-state index contributed by atoms with van der Waals surface area (Å²) in [6, 6.07) is 8.99. The summed E-state index contributed by atoms with van der Waals surface area (Å²) >= 11 is 3.37. The van der Waals surface area contributed by atoms with Crippen LogP contribution in [0.5, 0.6) is 0 Å². The number of nitrogens with zero attached hydrogens (tertiary/aromatic N) is 2. The largest absolute Gasteiger partial charge is 0.382 e. The summed E-state index contributed by atoms with van der Waals surface area (Å²) in [6.45, 7) is 0. The van der Waals surface area contributed by atoms with Gasteiger partial charge in [-0.15, -0.1) is 0 Å². The van der Waals surface area contributed by atoms with Crippen LogP contribution in [0.2, 0.25) is 0 Å². The van der Waals surface area contributed by atoms with Crippen molar-refractivity contribution in [3.05, 3.63) is 46.7 Å². The highest BCUT2D eigenvalue weighted by Gasteiger charge is 2.11. The zero-order valence-corrected chi connectivity index (χ0v) is 11.8. The first-order valence-corrected chi connectivity index (χ1v) is 6.59. The molecule has 2 heterocycles. The summed E-state index contributed by atoms with van der Waals surface area (Å²) in [6.07, 6.45) is 1.69. The molecule has 7 heteroatoms. The van der Waals surface area contributed by atoms with Crippen LogP contribution in [-0.2, 0) is 0 Å². The number of aromatic nitrogens is 3. The second-order valence-corrected chi connectivity index (χ2v) is 5.11. The number of pyridine rings is 1. The lowest BCUT2D eigenvalue weighted by Crippen LogP contribution is -2.12. The van der Waals surface area contributed by atoms with Crippen LogP contribution in [0.25, 0.3) is 10.9 Å². The Morgan fingerprint density at radius 1 is 1.35 bits per heavy atom. The summed E-state index contributed by atoms with van der Waals surface area (Å²) < 4.78 is 0.884. The van der Waals surface area contributed by atoms with Crippen LogP contribution >= 0.6 is 15.9 Å². The molecule has 0 bridgehead atoms. The molecular weight excluding hydrogens is 322 g/mol. The van der Waals surface area contributed by atoms with Gasteiger partial charge in [-0.2, -0.15) is 5.10 Å². The summed E-state index contributed by atoms with van der Waals surface area (Å²) in [5.41, 5.74) is 7.13. The molecule has 0 saturated carbocycles. The molecule has 0 aliphatic rings. The first-order chi connectivity index (χ1) is 9.63. The Balaban J connectivity index is 1.97. The third kappa shape index (κ3) is 2.35. The van der Waals surface area contributed by atoms with E-state index in [1.807, 2.05) is 18.2 Å². The molecule has 6 nitrogen and oxygen atoms in total. The minimum atomic E-state index is -0.314. The number of halogens is 1. The summed E-state index contributed by atoms with van der Waals surface area (Å²) in [4.78, 5) is 16.4. The molecule has 0 spiro atoms. The van der Waals surface area contributed by atoms with Crippen molar-refractivity contribution in [1.29, 1.82) is 0 Å². The van der Waals surface area contributed by atoms with E-state index in [0.29, 0.717) is 11.4 Å². The second-order valence-electron chi connectivity index (χ2n) is 4.19. The standard InChI is InChI=1S/C13H10BrN5O/c14-8-4-7-2-1-3-9(12(7)16-6-8)17-13(20)10-5-11(15)19-18-10/h1-6H,(H,17,20)(H3,15,18,19). The third-order valence-corrected chi connectivity index (χ3v) is 3.20. The number of nitrogen functional groups attached to an aromatic ring is 1. The highest BCUT2D eigenvalue weighted by molar-refractivity contribution is 9.10. The van der Waals surface area contributed by atoms with E-state index < -0.39 is 0 Å². The van der Waals surface area contributed by atoms with Gasteiger partial charge in [-0.25, -0.2) is 0 Å². The molecule has 0 unspecified atom stereocenters. The fraction of sp³-hybridized carbons (Fsp3) is 0. The number of anilines is 2. The normalized spacial score (nSPS) is 10.7. The van der Waals surface area contributed by atoms with Crippen LogP contribution in [0.4, 0.5) is 11.5 Å². The van der Waals surface area contributed by atoms with E-state index in [2.05, 4.69) is 36.4 Å². The lowest BCUT2D eigenvalue weighted by Gasteiger charge is -2.07. The second kappa shape index (κ2) is 4.93. The van der Waals surface area contributed by atoms with Crippen LogP contribution in [0, 0.1) is 0 Å². The molecule has 0 fully saturated rings. The average Bonchev–Trinajstić information content (AvgIpc) is 2.85. The Kier molecular flexibility index (Phi) is 3.11. The van der Waals surface area contributed by atoms with E-state index in [1.165, 1.54) is 6.07 Å². The van der Waals surface area contributed by atoms with Gasteiger partial charge in [-0.05, 0) is 28.1 Å². The number of hydrogen-bond acceptors (Lipinski definition) is 4. The highest BCUT2D eigenvalue weighted by Crippen LogP contribution is 2.24. The lowest BCUT2D eigenvalue weighted by molar-refractivity contribution is 0.102. The van der Waals surface area contributed by atoms with Crippen LogP contribution < -0.4 is 11.1 Å². The van der Waals surface area contributed by atoms with Crippen molar-refractivity contribution in [3.63, 3.8) is 0 Å². The molecule has 0 atom stereocenters. The maximum atomic E-state index is 12.1. The molecular formula is C13H10BrN5O. The summed E-state index contributed by atoms with van der Waals surface area (Å²) in [5.74, 6) is -0.0402. The van der Waals surface area contributed by atoms with E-state index in [0.717, 1.165) is 15.4 Å². The number of hydrogen-bond donors (Lipinski definition) is 3. The van der Waals surface area contributed by atoms with Crippen molar-refractivity contribution in [2.75, 3.05) is 11.1 Å². The number of aromatic amines is 1. The molecule has 0 aliphatic carbocycles. The van der Waals surface area contributed by atoms with Gasteiger partial charge >= 0.3 is 0 Å². The van der Waals surface area contributed by atoms with E-state index in [4.69, 9.17) is 5.73 Å². The number of H-pyrrole nitrogens is 1. The van der Waals surface area contributed by atoms with E-state index in [1.54, 1.807) is 12.3 Å². The first-order valence-electron chi connectivity index (χ1n) is 5.80. The molecule has 1 aromatic carbocycles. The van der Waals surface area contributed by atoms with Gasteiger partial charge in [-0.1, -0.05) is 12.1 Å². The maximum Gasteiger partial charge on any atom is 0.273 e. The van der Waals surface area contributed by atoms with Crippen LogP contribution in [0.1, 0.15) is 10.5 Å². The van der Waals surface area contributed by atoms with Crippen molar-refractivity contribution in [3.8, 4) is 0 Å². The topological polar surface area (TPSA) is 96.7 Å². The van der Waals surface area contributed by atoms with Gasteiger partial charge in [-0.3, -0.25) is 14.9 Å². The minimum Gasteiger partial charge on any atom is -0.382 e. The van der Waals surface area contributed by atoms with Crippen molar-refractivity contribution in [2.24, 2.45) is 0 Å². The van der Waals surface area contributed by atoms with Gasteiger partial charge in [0.15, 0.2) is 0 Å². The van der Waals surface area contributed by atoms with E-state index >= 15 is 0 Å². The molecule has 0 radical (unpaired) electrons. The van der Waals surface area contributed by atoms with Crippen molar-refractivity contribution in [2.45, 2.75) is 0 Å². The number of nitrogens with two attached hydrogens (primary N) is 1. The average molecular weight is 332 g/mol. The zero-order chi connectivity index (χ0) is 14.1. The van der Waals surface area contributed by atoms with Crippen molar-refractivity contribution < 1.29 is 4.79 Å². The molecule has 0 saturated heterocycles. The molecule has 2 aromatic heterocycles. The number of para-hydroxylation sites is 1. The molecule has 20 heavy (non-hydrogen) atoms. The van der Waals surface area contributed by atoms with Gasteiger partial charge in [0.2, 0.25) is 0 Å². The molecule has 1 amide bonds. The van der Waals surface area contributed by atoms with Crippen LogP contribution in [0.3, 0.4) is 0 Å². The van der Waals surface area contributed by atoms with Crippen molar-refractivity contribution in [1.82, 2.24) is 15.2 Å². The van der Waals surface area contributed by atoms with Gasteiger partial charge in [0.05, 0.1) is 11.2 Å². The number of rotatable bonds is 2. The zero-order valence-electron chi connectivity index (χ0n) is 10.2. The Morgan fingerprint density at radius 2 is 2.20 bits per heavy atom. The summed E-state index contributed by atoms with van der Waals surface area (Å²) in [7, 11) is 0. The summed E-state index contributed by atoms with van der Waals surface area (Å²) in [5, 5.41) is 10.0. The Bertz CT molecular complexity index is 798. The third-order valence-electron chi connectivity index (χ3n) is 2.77. The number of benzene rings is 1.